The summed E-state index contributed by atoms with van der Waals surface area (Å²) in [6, 6.07) is 8.36. The lowest BCUT2D eigenvalue weighted by molar-refractivity contribution is -0.124. The maximum absolute atomic E-state index is 12.0. The third kappa shape index (κ3) is 3.98. The number of carbonyl (C=O) groups excluding carboxylic acids is 2. The van der Waals surface area contributed by atoms with Gasteiger partial charge in [0.05, 0.1) is 5.54 Å². The number of nitrogens with two attached hydrogens (primary N) is 1. The third-order valence-corrected chi connectivity index (χ3v) is 3.27. The fourth-order valence-electron chi connectivity index (χ4n) is 1.83. The SMILES string of the molecule is CCC(C)(NC(=O)C(C)NC(N)=O)c1ccccc1. The van der Waals surface area contributed by atoms with Crippen molar-refractivity contribution in [3.8, 4) is 0 Å². The summed E-state index contributed by atoms with van der Waals surface area (Å²) < 4.78 is 0. The molecular formula is C14H21N3O2. The molecule has 19 heavy (non-hydrogen) atoms. The summed E-state index contributed by atoms with van der Waals surface area (Å²) in [5.74, 6) is -0.257. The molecule has 0 spiro atoms. The van der Waals surface area contributed by atoms with E-state index in [2.05, 4.69) is 10.6 Å². The summed E-state index contributed by atoms with van der Waals surface area (Å²) in [7, 11) is 0. The van der Waals surface area contributed by atoms with Gasteiger partial charge in [-0.1, -0.05) is 37.3 Å². The minimum absolute atomic E-state index is 0.257. The van der Waals surface area contributed by atoms with Gasteiger partial charge >= 0.3 is 6.03 Å². The second-order valence-electron chi connectivity index (χ2n) is 4.77. The highest BCUT2D eigenvalue weighted by Gasteiger charge is 2.28. The fourth-order valence-corrected chi connectivity index (χ4v) is 1.83. The zero-order valence-electron chi connectivity index (χ0n) is 11.6. The first kappa shape index (κ1) is 15.0. The molecule has 0 heterocycles. The van der Waals surface area contributed by atoms with E-state index in [1.807, 2.05) is 44.2 Å². The highest BCUT2D eigenvalue weighted by Crippen LogP contribution is 2.24. The van der Waals surface area contributed by atoms with Crippen molar-refractivity contribution in [1.82, 2.24) is 10.6 Å². The molecule has 0 radical (unpaired) electrons. The second kappa shape index (κ2) is 6.22. The smallest absolute Gasteiger partial charge is 0.312 e. The second-order valence-corrected chi connectivity index (χ2v) is 4.77. The predicted octanol–water partition coefficient (Wildman–Crippen LogP) is 1.48. The van der Waals surface area contributed by atoms with Crippen LogP contribution >= 0.6 is 0 Å². The number of urea groups is 1. The summed E-state index contributed by atoms with van der Waals surface area (Å²) in [6.07, 6.45) is 0.742. The zero-order chi connectivity index (χ0) is 14.5. The van der Waals surface area contributed by atoms with Crippen LogP contribution in [0.15, 0.2) is 30.3 Å². The molecule has 0 fully saturated rings. The third-order valence-electron chi connectivity index (χ3n) is 3.27. The maximum atomic E-state index is 12.0. The van der Waals surface area contributed by atoms with Crippen LogP contribution in [0.1, 0.15) is 32.8 Å². The number of nitrogens with one attached hydrogen (secondary N) is 2. The molecule has 0 aliphatic carbocycles. The molecule has 104 valence electrons. The van der Waals surface area contributed by atoms with Gasteiger partial charge in [-0.2, -0.15) is 0 Å². The Kier molecular flexibility index (Phi) is 4.92. The van der Waals surface area contributed by atoms with E-state index in [0.29, 0.717) is 0 Å². The Balaban J connectivity index is 2.82. The van der Waals surface area contributed by atoms with Gasteiger partial charge in [-0.25, -0.2) is 4.79 Å². The highest BCUT2D eigenvalue weighted by atomic mass is 16.2. The van der Waals surface area contributed by atoms with Crippen LogP contribution in [0.3, 0.4) is 0 Å². The first-order valence-corrected chi connectivity index (χ1v) is 6.32. The molecule has 1 aromatic rings. The number of primary amides is 1. The molecule has 0 aliphatic heterocycles. The molecule has 0 aromatic heterocycles. The van der Waals surface area contributed by atoms with Crippen molar-refractivity contribution >= 4 is 11.9 Å². The number of hydrogen-bond donors (Lipinski definition) is 3. The first-order chi connectivity index (χ1) is 8.89. The molecule has 1 rings (SSSR count). The fraction of sp³-hybridized carbons (Fsp3) is 0.429. The van der Waals surface area contributed by atoms with E-state index < -0.39 is 17.6 Å². The zero-order valence-corrected chi connectivity index (χ0v) is 11.6. The molecule has 2 unspecified atom stereocenters. The highest BCUT2D eigenvalue weighted by molar-refractivity contribution is 5.86. The minimum atomic E-state index is -0.708. The molecule has 5 heteroatoms. The average molecular weight is 263 g/mol. The topological polar surface area (TPSA) is 84.2 Å². The Bertz CT molecular complexity index is 447. The minimum Gasteiger partial charge on any atom is -0.352 e. The van der Waals surface area contributed by atoms with Crippen LogP contribution in [0.4, 0.5) is 4.79 Å². The van der Waals surface area contributed by atoms with Crippen LogP contribution in [0.25, 0.3) is 0 Å². The van der Waals surface area contributed by atoms with Crippen molar-refractivity contribution < 1.29 is 9.59 Å². The lowest BCUT2D eigenvalue weighted by Crippen LogP contribution is -2.52. The molecule has 0 aliphatic rings. The predicted molar refractivity (Wildman–Crippen MR) is 74.4 cm³/mol. The van der Waals surface area contributed by atoms with Gasteiger partial charge in [0.25, 0.3) is 0 Å². The molecule has 4 N–H and O–H groups in total. The molecule has 0 saturated heterocycles. The number of benzene rings is 1. The Hall–Kier alpha value is -2.04. The van der Waals surface area contributed by atoms with Crippen LogP contribution in [0, 0.1) is 0 Å². The lowest BCUT2D eigenvalue weighted by Gasteiger charge is -2.31. The molecule has 5 nitrogen and oxygen atoms in total. The van der Waals surface area contributed by atoms with Crippen LogP contribution in [0.5, 0.6) is 0 Å². The summed E-state index contributed by atoms with van der Waals surface area (Å²) >= 11 is 0. The van der Waals surface area contributed by atoms with E-state index in [9.17, 15) is 9.59 Å². The van der Waals surface area contributed by atoms with Gasteiger partial charge in [-0.05, 0) is 25.8 Å². The molecule has 0 saturated carbocycles. The van der Waals surface area contributed by atoms with E-state index in [-0.39, 0.29) is 5.91 Å². The normalized spacial score (nSPS) is 15.1. The van der Waals surface area contributed by atoms with Gasteiger partial charge in [-0.15, -0.1) is 0 Å². The molecule has 0 bridgehead atoms. The van der Waals surface area contributed by atoms with Crippen molar-refractivity contribution in [2.75, 3.05) is 0 Å². The first-order valence-electron chi connectivity index (χ1n) is 6.32. The van der Waals surface area contributed by atoms with Crippen molar-refractivity contribution in [2.24, 2.45) is 5.73 Å². The molecule has 2 atom stereocenters. The summed E-state index contributed by atoms with van der Waals surface area (Å²) in [5, 5.41) is 5.32. The Labute approximate surface area is 113 Å². The van der Waals surface area contributed by atoms with Crippen molar-refractivity contribution in [2.45, 2.75) is 38.8 Å². The number of rotatable bonds is 5. The van der Waals surface area contributed by atoms with Gasteiger partial charge in [0.2, 0.25) is 5.91 Å². The van der Waals surface area contributed by atoms with Gasteiger partial charge in [0, 0.05) is 0 Å². The van der Waals surface area contributed by atoms with Crippen molar-refractivity contribution in [3.63, 3.8) is 0 Å². The van der Waals surface area contributed by atoms with E-state index in [1.54, 1.807) is 6.92 Å². The lowest BCUT2D eigenvalue weighted by atomic mass is 9.89. The van der Waals surface area contributed by atoms with Gasteiger partial charge < -0.3 is 16.4 Å². The molecule has 1 aromatic carbocycles. The van der Waals surface area contributed by atoms with Crippen molar-refractivity contribution in [1.29, 1.82) is 0 Å². The molecular weight excluding hydrogens is 242 g/mol. The van der Waals surface area contributed by atoms with E-state index in [1.165, 1.54) is 0 Å². The van der Waals surface area contributed by atoms with Gasteiger partial charge in [0.15, 0.2) is 0 Å². The number of amides is 3. The Morgan fingerprint density at radius 1 is 1.32 bits per heavy atom. The molecule has 3 amide bonds. The summed E-state index contributed by atoms with van der Waals surface area (Å²) in [4.78, 5) is 22.8. The van der Waals surface area contributed by atoms with E-state index in [0.717, 1.165) is 12.0 Å². The summed E-state index contributed by atoms with van der Waals surface area (Å²) in [6.45, 7) is 5.55. The summed E-state index contributed by atoms with van der Waals surface area (Å²) in [5.41, 5.74) is 5.57. The largest absolute Gasteiger partial charge is 0.352 e. The van der Waals surface area contributed by atoms with Crippen LogP contribution < -0.4 is 16.4 Å². The Morgan fingerprint density at radius 2 is 1.89 bits per heavy atom. The van der Waals surface area contributed by atoms with Gasteiger partial charge in [0.1, 0.15) is 6.04 Å². The standard InChI is InChI=1S/C14H21N3O2/c1-4-14(3,11-8-6-5-7-9-11)17-12(18)10(2)16-13(15)19/h5-10H,4H2,1-3H3,(H,17,18)(H3,15,16,19). The number of carbonyl (C=O) groups is 2. The maximum Gasteiger partial charge on any atom is 0.312 e. The monoisotopic (exact) mass is 263 g/mol. The van der Waals surface area contributed by atoms with Crippen LogP contribution in [0.2, 0.25) is 0 Å². The van der Waals surface area contributed by atoms with E-state index in [4.69, 9.17) is 5.73 Å². The van der Waals surface area contributed by atoms with Crippen molar-refractivity contribution in [3.05, 3.63) is 35.9 Å². The average Bonchev–Trinajstić information content (AvgIpc) is 2.38. The van der Waals surface area contributed by atoms with Gasteiger partial charge in [-0.3, -0.25) is 4.79 Å². The van der Waals surface area contributed by atoms with E-state index >= 15 is 0 Å². The Morgan fingerprint density at radius 3 is 2.37 bits per heavy atom. The quantitative estimate of drug-likeness (QED) is 0.752. The van der Waals surface area contributed by atoms with Crippen LogP contribution in [-0.4, -0.2) is 18.0 Å². The number of hydrogen-bond acceptors (Lipinski definition) is 2. The van der Waals surface area contributed by atoms with Crippen LogP contribution in [-0.2, 0) is 10.3 Å².